The Morgan fingerprint density at radius 3 is 2.24 bits per heavy atom. The second-order valence-electron chi connectivity index (χ2n) is 3.60. The number of nitrogens with zero attached hydrogens (tertiary/aromatic N) is 1. The number of amides is 1. The number of carbonyl (C=O) groups is 2. The van der Waals surface area contributed by atoms with Gasteiger partial charge in [-0.15, -0.1) is 0 Å². The molecule has 1 aromatic carbocycles. The van der Waals surface area contributed by atoms with Crippen molar-refractivity contribution in [1.29, 1.82) is 0 Å². The number of hydrogen-bond donors (Lipinski definition) is 2. The van der Waals surface area contributed by atoms with E-state index in [1.165, 1.54) is 0 Å². The summed E-state index contributed by atoms with van der Waals surface area (Å²) >= 11 is 0. The second kappa shape index (κ2) is 5.69. The molecule has 0 bridgehead atoms. The first-order chi connectivity index (χ1) is 7.99. The Morgan fingerprint density at radius 1 is 1.18 bits per heavy atom. The molecule has 0 spiro atoms. The summed E-state index contributed by atoms with van der Waals surface area (Å²) in [5, 5.41) is 10.9. The highest BCUT2D eigenvalue weighted by Gasteiger charge is 1.99. The minimum Gasteiger partial charge on any atom is -0.478 e. The molecule has 1 amide bonds. The van der Waals surface area contributed by atoms with Crippen molar-refractivity contribution in [2.24, 2.45) is 0 Å². The number of carboxylic acid groups (broad SMARTS) is 1. The Kier molecular flexibility index (Phi) is 4.28. The maximum Gasteiger partial charge on any atom is 0.328 e. The molecule has 2 N–H and O–H groups in total. The van der Waals surface area contributed by atoms with Gasteiger partial charge < -0.3 is 15.3 Å². The van der Waals surface area contributed by atoms with Crippen molar-refractivity contribution in [2.45, 2.75) is 0 Å². The van der Waals surface area contributed by atoms with Crippen molar-refractivity contribution in [3.8, 4) is 0 Å². The predicted molar refractivity (Wildman–Crippen MR) is 66.2 cm³/mol. The molecule has 0 aromatic heterocycles. The molecule has 0 radical (unpaired) electrons. The van der Waals surface area contributed by atoms with Gasteiger partial charge in [0, 0.05) is 37.6 Å². The molecule has 1 aromatic rings. The summed E-state index contributed by atoms with van der Waals surface area (Å²) in [6, 6.07) is 7.22. The number of nitrogens with one attached hydrogen (secondary N) is 1. The molecule has 5 nitrogen and oxygen atoms in total. The number of anilines is 2. The number of benzene rings is 1. The molecular weight excluding hydrogens is 220 g/mol. The van der Waals surface area contributed by atoms with E-state index in [4.69, 9.17) is 5.11 Å². The topological polar surface area (TPSA) is 69.6 Å². The minimum atomic E-state index is -1.15. The number of aliphatic carboxylic acids is 1. The van der Waals surface area contributed by atoms with Crippen molar-refractivity contribution in [3.63, 3.8) is 0 Å². The van der Waals surface area contributed by atoms with Gasteiger partial charge in [0.1, 0.15) is 0 Å². The second-order valence-corrected chi connectivity index (χ2v) is 3.60. The van der Waals surface area contributed by atoms with Gasteiger partial charge in [-0.25, -0.2) is 4.79 Å². The zero-order chi connectivity index (χ0) is 12.8. The van der Waals surface area contributed by atoms with Crippen LogP contribution in [0.1, 0.15) is 0 Å². The molecule has 5 heteroatoms. The fraction of sp³-hybridized carbons (Fsp3) is 0.167. The van der Waals surface area contributed by atoms with Crippen molar-refractivity contribution in [3.05, 3.63) is 36.4 Å². The fourth-order valence-corrected chi connectivity index (χ4v) is 1.17. The van der Waals surface area contributed by atoms with Crippen LogP contribution in [0.3, 0.4) is 0 Å². The highest BCUT2D eigenvalue weighted by atomic mass is 16.4. The molecule has 0 aliphatic heterocycles. The van der Waals surface area contributed by atoms with Gasteiger partial charge in [0.2, 0.25) is 5.91 Å². The average Bonchev–Trinajstić information content (AvgIpc) is 2.27. The maximum atomic E-state index is 11.3. The molecule has 0 saturated carbocycles. The van der Waals surface area contributed by atoms with Crippen molar-refractivity contribution in [1.82, 2.24) is 0 Å². The average molecular weight is 234 g/mol. The van der Waals surface area contributed by atoms with Gasteiger partial charge in [-0.2, -0.15) is 0 Å². The summed E-state index contributed by atoms with van der Waals surface area (Å²) in [5.74, 6) is -1.62. The Morgan fingerprint density at radius 2 is 1.76 bits per heavy atom. The van der Waals surface area contributed by atoms with E-state index in [2.05, 4.69) is 5.32 Å². The number of hydrogen-bond acceptors (Lipinski definition) is 3. The van der Waals surface area contributed by atoms with Crippen LogP contribution in [-0.4, -0.2) is 31.1 Å². The van der Waals surface area contributed by atoms with Crippen molar-refractivity contribution < 1.29 is 14.7 Å². The smallest absolute Gasteiger partial charge is 0.328 e. The summed E-state index contributed by atoms with van der Waals surface area (Å²) in [6.45, 7) is 0. The third kappa shape index (κ3) is 4.38. The van der Waals surface area contributed by atoms with Gasteiger partial charge in [0.25, 0.3) is 0 Å². The molecule has 0 aliphatic carbocycles. The van der Waals surface area contributed by atoms with E-state index in [9.17, 15) is 9.59 Å². The monoisotopic (exact) mass is 234 g/mol. The third-order valence-electron chi connectivity index (χ3n) is 2.03. The van der Waals surface area contributed by atoms with E-state index < -0.39 is 11.9 Å². The first kappa shape index (κ1) is 12.8. The molecule has 17 heavy (non-hydrogen) atoms. The van der Waals surface area contributed by atoms with Crippen LogP contribution in [0.25, 0.3) is 0 Å². The lowest BCUT2D eigenvalue weighted by molar-refractivity contribution is -0.131. The molecule has 90 valence electrons. The molecule has 0 heterocycles. The number of carboxylic acids is 1. The van der Waals surface area contributed by atoms with E-state index in [0.717, 1.165) is 17.8 Å². The van der Waals surface area contributed by atoms with Gasteiger partial charge in [0.15, 0.2) is 0 Å². The quantitative estimate of drug-likeness (QED) is 0.771. The van der Waals surface area contributed by atoms with Crippen LogP contribution in [0.15, 0.2) is 36.4 Å². The van der Waals surface area contributed by atoms with Gasteiger partial charge in [0.05, 0.1) is 0 Å². The Balaban J connectivity index is 2.63. The lowest BCUT2D eigenvalue weighted by atomic mass is 10.2. The first-order valence-corrected chi connectivity index (χ1v) is 4.98. The van der Waals surface area contributed by atoms with Crippen molar-refractivity contribution in [2.75, 3.05) is 24.3 Å². The van der Waals surface area contributed by atoms with Crippen LogP contribution in [0.5, 0.6) is 0 Å². The summed E-state index contributed by atoms with van der Waals surface area (Å²) in [4.78, 5) is 23.4. The predicted octanol–water partition coefficient (Wildman–Crippen LogP) is 1.33. The van der Waals surface area contributed by atoms with Crippen LogP contribution >= 0.6 is 0 Å². The van der Waals surface area contributed by atoms with Crippen LogP contribution in [0.4, 0.5) is 11.4 Å². The van der Waals surface area contributed by atoms with E-state index >= 15 is 0 Å². The molecule has 0 unspecified atom stereocenters. The minimum absolute atomic E-state index is 0.468. The molecule has 0 fully saturated rings. The Hall–Kier alpha value is -2.30. The number of carbonyl (C=O) groups excluding carboxylic acids is 1. The summed E-state index contributed by atoms with van der Waals surface area (Å²) in [6.07, 6.45) is 1.77. The van der Waals surface area contributed by atoms with Gasteiger partial charge in [-0.1, -0.05) is 0 Å². The first-order valence-electron chi connectivity index (χ1n) is 4.98. The van der Waals surface area contributed by atoms with E-state index in [0.29, 0.717) is 5.69 Å². The normalized spacial score (nSPS) is 10.2. The van der Waals surface area contributed by atoms with E-state index in [1.807, 2.05) is 31.1 Å². The standard InChI is InChI=1S/C12H14N2O3/c1-14(2)10-5-3-9(4-6-10)13-11(15)7-8-12(16)17/h3-8H,1-2H3,(H,13,15)(H,16,17)/b8-7+. The highest BCUT2D eigenvalue weighted by molar-refractivity contribution is 6.02. The summed E-state index contributed by atoms with van der Waals surface area (Å²) < 4.78 is 0. The lowest BCUT2D eigenvalue weighted by Crippen LogP contribution is -2.10. The third-order valence-corrected chi connectivity index (χ3v) is 2.03. The molecule has 0 aliphatic rings. The number of rotatable bonds is 4. The SMILES string of the molecule is CN(C)c1ccc(NC(=O)/C=C/C(=O)O)cc1. The maximum absolute atomic E-state index is 11.3. The highest BCUT2D eigenvalue weighted by Crippen LogP contribution is 2.15. The fourth-order valence-electron chi connectivity index (χ4n) is 1.17. The zero-order valence-electron chi connectivity index (χ0n) is 9.68. The Labute approximate surface area is 99.4 Å². The van der Waals surface area contributed by atoms with Crippen LogP contribution in [0.2, 0.25) is 0 Å². The molecule has 0 atom stereocenters. The van der Waals surface area contributed by atoms with Crippen LogP contribution in [-0.2, 0) is 9.59 Å². The lowest BCUT2D eigenvalue weighted by Gasteiger charge is -2.12. The summed E-state index contributed by atoms with van der Waals surface area (Å²) in [5.41, 5.74) is 1.64. The molecule has 1 rings (SSSR count). The van der Waals surface area contributed by atoms with Crippen LogP contribution in [0, 0.1) is 0 Å². The largest absolute Gasteiger partial charge is 0.478 e. The molecular formula is C12H14N2O3. The van der Waals surface area contributed by atoms with Crippen LogP contribution < -0.4 is 10.2 Å². The van der Waals surface area contributed by atoms with Gasteiger partial charge in [-0.05, 0) is 24.3 Å². The van der Waals surface area contributed by atoms with E-state index in [-0.39, 0.29) is 0 Å². The zero-order valence-corrected chi connectivity index (χ0v) is 9.68. The van der Waals surface area contributed by atoms with E-state index in [1.54, 1.807) is 12.1 Å². The van der Waals surface area contributed by atoms with Crippen molar-refractivity contribution >= 4 is 23.3 Å². The molecule has 0 saturated heterocycles. The Bertz CT molecular complexity index is 436. The van der Waals surface area contributed by atoms with Gasteiger partial charge >= 0.3 is 5.97 Å². The van der Waals surface area contributed by atoms with Gasteiger partial charge in [-0.3, -0.25) is 4.79 Å². The summed E-state index contributed by atoms with van der Waals surface area (Å²) in [7, 11) is 3.84.